The van der Waals surface area contributed by atoms with Crippen LogP contribution in [0.15, 0.2) is 48.7 Å². The third-order valence-corrected chi connectivity index (χ3v) is 5.89. The monoisotopic (exact) mass is 365 g/mol. The van der Waals surface area contributed by atoms with E-state index in [0.717, 1.165) is 42.9 Å². The van der Waals surface area contributed by atoms with Crippen LogP contribution < -0.4 is 5.32 Å². The molecule has 1 N–H and O–H groups in total. The molecule has 1 atom stereocenters. The molecule has 5 heteroatoms. The SMILES string of the molecule is CC1CCC(NC(=O)[C@@H]2c3cccn3CC(=O)N2Cc2ccccc2)CC1. The van der Waals surface area contributed by atoms with Crippen molar-refractivity contribution in [2.75, 3.05) is 0 Å². The van der Waals surface area contributed by atoms with Crippen LogP contribution >= 0.6 is 0 Å². The zero-order valence-electron chi connectivity index (χ0n) is 15.8. The molecule has 1 saturated carbocycles. The van der Waals surface area contributed by atoms with Crippen molar-refractivity contribution in [3.8, 4) is 0 Å². The Balaban J connectivity index is 1.57. The summed E-state index contributed by atoms with van der Waals surface area (Å²) in [7, 11) is 0. The van der Waals surface area contributed by atoms with Crippen molar-refractivity contribution < 1.29 is 9.59 Å². The Bertz CT molecular complexity index is 806. The summed E-state index contributed by atoms with van der Waals surface area (Å²) < 4.78 is 1.90. The van der Waals surface area contributed by atoms with Gasteiger partial charge >= 0.3 is 0 Å². The number of amides is 2. The van der Waals surface area contributed by atoms with Crippen LogP contribution in [0.1, 0.15) is 49.9 Å². The molecule has 1 aliphatic heterocycles. The lowest BCUT2D eigenvalue weighted by atomic mass is 9.87. The van der Waals surface area contributed by atoms with Gasteiger partial charge in [0.2, 0.25) is 11.8 Å². The number of hydrogen-bond acceptors (Lipinski definition) is 2. The van der Waals surface area contributed by atoms with Gasteiger partial charge in [0.25, 0.3) is 0 Å². The van der Waals surface area contributed by atoms with E-state index in [1.807, 2.05) is 53.2 Å². The first-order valence-corrected chi connectivity index (χ1v) is 9.90. The van der Waals surface area contributed by atoms with E-state index in [1.54, 1.807) is 4.90 Å². The van der Waals surface area contributed by atoms with Gasteiger partial charge in [-0.25, -0.2) is 0 Å². The predicted molar refractivity (Wildman–Crippen MR) is 104 cm³/mol. The molecule has 4 rings (SSSR count). The van der Waals surface area contributed by atoms with Gasteiger partial charge in [-0.15, -0.1) is 0 Å². The number of benzene rings is 1. The van der Waals surface area contributed by atoms with E-state index in [1.165, 1.54) is 0 Å². The summed E-state index contributed by atoms with van der Waals surface area (Å²) in [6, 6.07) is 13.4. The Morgan fingerprint density at radius 3 is 2.56 bits per heavy atom. The van der Waals surface area contributed by atoms with E-state index in [0.29, 0.717) is 13.1 Å². The summed E-state index contributed by atoms with van der Waals surface area (Å²) >= 11 is 0. The predicted octanol–water partition coefficient (Wildman–Crippen LogP) is 3.27. The number of nitrogens with one attached hydrogen (secondary N) is 1. The van der Waals surface area contributed by atoms with Gasteiger partial charge in [-0.2, -0.15) is 0 Å². The number of nitrogens with zero attached hydrogens (tertiary/aromatic N) is 2. The molecular formula is C22H27N3O2. The standard InChI is InChI=1S/C22H27N3O2/c1-16-9-11-18(12-10-16)23-22(27)21-19-8-5-13-24(19)15-20(26)25(21)14-17-6-3-2-4-7-17/h2-8,13,16,18,21H,9-12,14-15H2,1H3,(H,23,27)/t16?,18?,21-/m0/s1. The van der Waals surface area contributed by atoms with Gasteiger partial charge in [-0.05, 0) is 49.3 Å². The van der Waals surface area contributed by atoms with Crippen LogP contribution in [0, 0.1) is 5.92 Å². The third-order valence-electron chi connectivity index (χ3n) is 5.89. The number of hydrogen-bond donors (Lipinski definition) is 1. The first-order valence-electron chi connectivity index (χ1n) is 9.90. The van der Waals surface area contributed by atoms with E-state index in [4.69, 9.17) is 0 Å². The maximum atomic E-state index is 13.2. The van der Waals surface area contributed by atoms with Crippen LogP contribution in [0.4, 0.5) is 0 Å². The van der Waals surface area contributed by atoms with Crippen molar-refractivity contribution in [1.29, 1.82) is 0 Å². The normalized spacial score (nSPS) is 25.1. The fourth-order valence-electron chi connectivity index (χ4n) is 4.28. The minimum absolute atomic E-state index is 0.0139. The second-order valence-corrected chi connectivity index (χ2v) is 7.94. The summed E-state index contributed by atoms with van der Waals surface area (Å²) in [6.07, 6.45) is 6.23. The van der Waals surface area contributed by atoms with Gasteiger partial charge in [0, 0.05) is 18.8 Å². The second-order valence-electron chi connectivity index (χ2n) is 7.94. The van der Waals surface area contributed by atoms with Crippen molar-refractivity contribution in [3.05, 3.63) is 59.9 Å². The molecule has 1 fully saturated rings. The molecule has 1 aromatic heterocycles. The lowest BCUT2D eigenvalue weighted by Gasteiger charge is -2.37. The fraction of sp³-hybridized carbons (Fsp3) is 0.455. The molecule has 0 saturated heterocycles. The van der Waals surface area contributed by atoms with Crippen molar-refractivity contribution in [3.63, 3.8) is 0 Å². The lowest BCUT2D eigenvalue weighted by Crippen LogP contribution is -2.50. The first-order chi connectivity index (χ1) is 13.1. The largest absolute Gasteiger partial charge is 0.351 e. The van der Waals surface area contributed by atoms with Gasteiger partial charge in [0.15, 0.2) is 6.04 Å². The van der Waals surface area contributed by atoms with Crippen LogP contribution in [-0.4, -0.2) is 27.3 Å². The average molecular weight is 365 g/mol. The summed E-state index contributed by atoms with van der Waals surface area (Å²) in [5.41, 5.74) is 1.93. The number of fused-ring (bicyclic) bond motifs is 1. The van der Waals surface area contributed by atoms with E-state index in [2.05, 4.69) is 12.2 Å². The second kappa shape index (κ2) is 7.59. The molecule has 2 aromatic rings. The molecular weight excluding hydrogens is 338 g/mol. The highest BCUT2D eigenvalue weighted by atomic mass is 16.2. The van der Waals surface area contributed by atoms with Crippen LogP contribution in [0.5, 0.6) is 0 Å². The molecule has 0 bridgehead atoms. The molecule has 0 radical (unpaired) electrons. The Morgan fingerprint density at radius 2 is 1.81 bits per heavy atom. The van der Waals surface area contributed by atoms with Crippen molar-refractivity contribution in [1.82, 2.24) is 14.8 Å². The Hall–Kier alpha value is -2.56. The maximum Gasteiger partial charge on any atom is 0.249 e. The smallest absolute Gasteiger partial charge is 0.249 e. The van der Waals surface area contributed by atoms with E-state index in [-0.39, 0.29) is 17.9 Å². The molecule has 2 aliphatic rings. The minimum atomic E-state index is -0.569. The van der Waals surface area contributed by atoms with Crippen LogP contribution in [0.2, 0.25) is 0 Å². The van der Waals surface area contributed by atoms with Crippen LogP contribution in [0.3, 0.4) is 0 Å². The van der Waals surface area contributed by atoms with Gasteiger partial charge in [-0.3, -0.25) is 9.59 Å². The van der Waals surface area contributed by atoms with E-state index < -0.39 is 6.04 Å². The first kappa shape index (κ1) is 17.8. The fourth-order valence-corrected chi connectivity index (χ4v) is 4.28. The highest BCUT2D eigenvalue weighted by Gasteiger charge is 2.38. The third kappa shape index (κ3) is 3.77. The molecule has 27 heavy (non-hydrogen) atoms. The lowest BCUT2D eigenvalue weighted by molar-refractivity contribution is -0.144. The van der Waals surface area contributed by atoms with Crippen LogP contribution in [-0.2, 0) is 22.7 Å². The number of rotatable bonds is 4. The van der Waals surface area contributed by atoms with Crippen molar-refractivity contribution >= 4 is 11.8 Å². The van der Waals surface area contributed by atoms with Crippen molar-refractivity contribution in [2.24, 2.45) is 5.92 Å². The molecule has 1 aliphatic carbocycles. The molecule has 0 unspecified atom stereocenters. The molecule has 2 heterocycles. The van der Waals surface area contributed by atoms with Gasteiger partial charge in [0.05, 0.1) is 5.69 Å². The molecule has 2 amide bonds. The quantitative estimate of drug-likeness (QED) is 0.904. The maximum absolute atomic E-state index is 13.2. The number of aromatic nitrogens is 1. The Kier molecular flexibility index (Phi) is 5.01. The van der Waals surface area contributed by atoms with Gasteiger partial charge < -0.3 is 14.8 Å². The summed E-state index contributed by atoms with van der Waals surface area (Å²) in [5.74, 6) is 0.666. The minimum Gasteiger partial charge on any atom is -0.351 e. The Morgan fingerprint density at radius 1 is 1.07 bits per heavy atom. The van der Waals surface area contributed by atoms with Gasteiger partial charge in [0.1, 0.15) is 6.54 Å². The van der Waals surface area contributed by atoms with Crippen molar-refractivity contribution in [2.45, 2.75) is 57.8 Å². The summed E-state index contributed by atoms with van der Waals surface area (Å²) in [6.45, 7) is 3.01. The van der Waals surface area contributed by atoms with E-state index >= 15 is 0 Å². The molecule has 1 aromatic carbocycles. The van der Waals surface area contributed by atoms with E-state index in [9.17, 15) is 9.59 Å². The summed E-state index contributed by atoms with van der Waals surface area (Å²) in [5, 5.41) is 3.23. The zero-order valence-corrected chi connectivity index (χ0v) is 15.8. The average Bonchev–Trinajstić information content (AvgIpc) is 3.12. The van der Waals surface area contributed by atoms with Gasteiger partial charge in [-0.1, -0.05) is 37.3 Å². The topological polar surface area (TPSA) is 54.3 Å². The Labute approximate surface area is 160 Å². The summed E-state index contributed by atoms with van der Waals surface area (Å²) in [4.78, 5) is 27.8. The number of carbonyl (C=O) groups is 2. The van der Waals surface area contributed by atoms with Crippen LogP contribution in [0.25, 0.3) is 0 Å². The number of carbonyl (C=O) groups excluding carboxylic acids is 2. The zero-order chi connectivity index (χ0) is 18.8. The molecule has 5 nitrogen and oxygen atoms in total. The molecule has 0 spiro atoms. The highest BCUT2D eigenvalue weighted by molar-refractivity contribution is 5.90. The molecule has 142 valence electrons. The highest BCUT2D eigenvalue weighted by Crippen LogP contribution is 2.30.